The fraction of sp³-hybridized carbons (Fsp3) is 0.125. The Labute approximate surface area is 142 Å². The summed E-state index contributed by atoms with van der Waals surface area (Å²) in [5, 5.41) is 11.0. The van der Waals surface area contributed by atoms with Crippen LogP contribution in [0, 0.1) is 0 Å². The molecule has 0 saturated carbocycles. The second kappa shape index (κ2) is 7.60. The molecule has 0 atom stereocenters. The van der Waals surface area contributed by atoms with Gasteiger partial charge in [-0.15, -0.1) is 10.2 Å². The Bertz CT molecular complexity index is 823. The highest BCUT2D eigenvalue weighted by Gasteiger charge is 2.12. The SMILES string of the molecule is COc1ccccc1NC(=O)CSc1nnc(-c2cccnc2)o1. The summed E-state index contributed by atoms with van der Waals surface area (Å²) in [6, 6.07) is 10.8. The number of amides is 1. The molecule has 0 fully saturated rings. The predicted octanol–water partition coefficient (Wildman–Crippen LogP) is 2.87. The highest BCUT2D eigenvalue weighted by molar-refractivity contribution is 7.99. The summed E-state index contributed by atoms with van der Waals surface area (Å²) < 4.78 is 10.7. The van der Waals surface area contributed by atoms with Crippen molar-refractivity contribution >= 4 is 23.4 Å². The van der Waals surface area contributed by atoms with E-state index in [1.54, 1.807) is 37.7 Å². The van der Waals surface area contributed by atoms with Crippen molar-refractivity contribution in [2.45, 2.75) is 5.22 Å². The smallest absolute Gasteiger partial charge is 0.277 e. The van der Waals surface area contributed by atoms with E-state index in [9.17, 15) is 4.79 Å². The molecule has 24 heavy (non-hydrogen) atoms. The van der Waals surface area contributed by atoms with Crippen LogP contribution in [0.1, 0.15) is 0 Å². The number of benzene rings is 1. The van der Waals surface area contributed by atoms with Crippen LogP contribution in [0.3, 0.4) is 0 Å². The lowest BCUT2D eigenvalue weighted by molar-refractivity contribution is -0.113. The second-order valence-corrected chi connectivity index (χ2v) is 5.58. The van der Waals surface area contributed by atoms with Gasteiger partial charge < -0.3 is 14.5 Å². The van der Waals surface area contributed by atoms with Gasteiger partial charge >= 0.3 is 0 Å². The van der Waals surface area contributed by atoms with Crippen LogP contribution in [-0.2, 0) is 4.79 Å². The van der Waals surface area contributed by atoms with Crippen molar-refractivity contribution in [3.8, 4) is 17.2 Å². The Morgan fingerprint density at radius 2 is 2.12 bits per heavy atom. The van der Waals surface area contributed by atoms with Crippen molar-refractivity contribution in [3.63, 3.8) is 0 Å². The number of carbonyl (C=O) groups is 1. The van der Waals surface area contributed by atoms with E-state index >= 15 is 0 Å². The molecule has 0 bridgehead atoms. The molecule has 0 saturated heterocycles. The minimum Gasteiger partial charge on any atom is -0.495 e. The summed E-state index contributed by atoms with van der Waals surface area (Å²) in [6.07, 6.45) is 3.30. The van der Waals surface area contributed by atoms with E-state index < -0.39 is 0 Å². The second-order valence-electron chi connectivity index (χ2n) is 4.65. The molecular weight excluding hydrogens is 328 g/mol. The number of carbonyl (C=O) groups excluding carboxylic acids is 1. The molecule has 1 amide bonds. The van der Waals surface area contributed by atoms with Crippen LogP contribution < -0.4 is 10.1 Å². The number of rotatable bonds is 6. The van der Waals surface area contributed by atoms with Crippen molar-refractivity contribution in [2.75, 3.05) is 18.2 Å². The molecule has 0 aliphatic carbocycles. The minimum absolute atomic E-state index is 0.146. The molecule has 0 spiro atoms. The molecule has 3 aromatic rings. The Morgan fingerprint density at radius 1 is 1.25 bits per heavy atom. The van der Waals surface area contributed by atoms with Gasteiger partial charge in [-0.3, -0.25) is 9.78 Å². The molecule has 3 rings (SSSR count). The van der Waals surface area contributed by atoms with Gasteiger partial charge in [0.1, 0.15) is 5.75 Å². The lowest BCUT2D eigenvalue weighted by Crippen LogP contribution is -2.14. The number of pyridine rings is 1. The molecule has 122 valence electrons. The third kappa shape index (κ3) is 3.90. The average Bonchev–Trinajstić information content (AvgIpc) is 3.10. The predicted molar refractivity (Wildman–Crippen MR) is 89.9 cm³/mol. The van der Waals surface area contributed by atoms with Gasteiger partial charge in [0.15, 0.2) is 0 Å². The standard InChI is InChI=1S/C16H14N4O3S/c1-22-13-7-3-2-6-12(13)18-14(21)10-24-16-20-19-15(23-16)11-5-4-8-17-9-11/h2-9H,10H2,1H3,(H,18,21). The highest BCUT2D eigenvalue weighted by Crippen LogP contribution is 2.25. The number of nitrogens with zero attached hydrogens (tertiary/aromatic N) is 3. The summed E-state index contributed by atoms with van der Waals surface area (Å²) in [7, 11) is 1.55. The largest absolute Gasteiger partial charge is 0.495 e. The molecule has 2 heterocycles. The Kier molecular flexibility index (Phi) is 5.07. The quantitative estimate of drug-likeness (QED) is 0.689. The normalized spacial score (nSPS) is 10.4. The van der Waals surface area contributed by atoms with E-state index in [0.717, 1.165) is 17.3 Å². The number of para-hydroxylation sites is 2. The Hall–Kier alpha value is -2.87. The molecule has 2 aromatic heterocycles. The van der Waals surface area contributed by atoms with Crippen LogP contribution in [0.25, 0.3) is 11.5 Å². The molecular formula is C16H14N4O3S. The van der Waals surface area contributed by atoms with Gasteiger partial charge in [-0.1, -0.05) is 23.9 Å². The van der Waals surface area contributed by atoms with Gasteiger partial charge in [-0.25, -0.2) is 0 Å². The van der Waals surface area contributed by atoms with Crippen LogP contribution in [0.2, 0.25) is 0 Å². The van der Waals surface area contributed by atoms with E-state index in [1.165, 1.54) is 0 Å². The molecule has 1 aromatic carbocycles. The molecule has 1 N–H and O–H groups in total. The van der Waals surface area contributed by atoms with E-state index in [4.69, 9.17) is 9.15 Å². The summed E-state index contributed by atoms with van der Waals surface area (Å²) in [6.45, 7) is 0. The first-order valence-corrected chi connectivity index (χ1v) is 8.04. The monoisotopic (exact) mass is 342 g/mol. The highest BCUT2D eigenvalue weighted by atomic mass is 32.2. The summed E-state index contributed by atoms with van der Waals surface area (Å²) in [5.74, 6) is 0.932. The van der Waals surface area contributed by atoms with E-state index in [2.05, 4.69) is 20.5 Å². The molecule has 0 unspecified atom stereocenters. The zero-order chi connectivity index (χ0) is 16.8. The van der Waals surface area contributed by atoms with E-state index in [-0.39, 0.29) is 11.7 Å². The summed E-state index contributed by atoms with van der Waals surface area (Å²) in [4.78, 5) is 16.0. The Morgan fingerprint density at radius 3 is 2.92 bits per heavy atom. The van der Waals surface area contributed by atoms with Crippen LogP contribution in [0.4, 0.5) is 5.69 Å². The first-order valence-electron chi connectivity index (χ1n) is 7.06. The fourth-order valence-electron chi connectivity index (χ4n) is 1.94. The third-order valence-electron chi connectivity index (χ3n) is 3.02. The van der Waals surface area contributed by atoms with Gasteiger partial charge in [0.05, 0.1) is 24.1 Å². The number of methoxy groups -OCH3 is 1. The van der Waals surface area contributed by atoms with Crippen molar-refractivity contribution in [3.05, 3.63) is 48.8 Å². The van der Waals surface area contributed by atoms with Crippen LogP contribution in [0.15, 0.2) is 58.4 Å². The maximum Gasteiger partial charge on any atom is 0.277 e. The van der Waals surface area contributed by atoms with Crippen molar-refractivity contribution < 1.29 is 13.9 Å². The van der Waals surface area contributed by atoms with Gasteiger partial charge in [0, 0.05) is 12.4 Å². The van der Waals surface area contributed by atoms with E-state index in [0.29, 0.717) is 22.6 Å². The van der Waals surface area contributed by atoms with Gasteiger partial charge in [-0.05, 0) is 24.3 Å². The van der Waals surface area contributed by atoms with Crippen LogP contribution >= 0.6 is 11.8 Å². The number of hydrogen-bond acceptors (Lipinski definition) is 7. The topological polar surface area (TPSA) is 90.1 Å². The zero-order valence-electron chi connectivity index (χ0n) is 12.8. The number of anilines is 1. The number of hydrogen-bond donors (Lipinski definition) is 1. The first-order chi connectivity index (χ1) is 11.8. The van der Waals surface area contributed by atoms with Gasteiger partial charge in [-0.2, -0.15) is 0 Å². The number of nitrogens with one attached hydrogen (secondary N) is 1. The van der Waals surface area contributed by atoms with E-state index in [1.807, 2.05) is 18.2 Å². The zero-order valence-corrected chi connectivity index (χ0v) is 13.6. The molecule has 0 aliphatic heterocycles. The molecule has 0 radical (unpaired) electrons. The lowest BCUT2D eigenvalue weighted by Gasteiger charge is -2.08. The average molecular weight is 342 g/mol. The van der Waals surface area contributed by atoms with Crippen molar-refractivity contribution in [1.29, 1.82) is 0 Å². The lowest BCUT2D eigenvalue weighted by atomic mass is 10.3. The minimum atomic E-state index is -0.189. The maximum absolute atomic E-state index is 12.0. The van der Waals surface area contributed by atoms with Crippen LogP contribution in [0.5, 0.6) is 5.75 Å². The van der Waals surface area contributed by atoms with Crippen molar-refractivity contribution in [2.24, 2.45) is 0 Å². The van der Waals surface area contributed by atoms with Gasteiger partial charge in [0.2, 0.25) is 11.8 Å². The fourth-order valence-corrected chi connectivity index (χ4v) is 2.50. The third-order valence-corrected chi connectivity index (χ3v) is 3.84. The number of aromatic nitrogens is 3. The molecule has 8 heteroatoms. The summed E-state index contributed by atoms with van der Waals surface area (Å²) in [5.41, 5.74) is 1.35. The number of thioether (sulfide) groups is 1. The Balaban J connectivity index is 1.58. The van der Waals surface area contributed by atoms with Crippen LogP contribution in [-0.4, -0.2) is 34.0 Å². The van der Waals surface area contributed by atoms with Gasteiger partial charge in [0.25, 0.3) is 5.22 Å². The summed E-state index contributed by atoms with van der Waals surface area (Å²) >= 11 is 1.16. The number of ether oxygens (including phenoxy) is 1. The maximum atomic E-state index is 12.0. The van der Waals surface area contributed by atoms with Crippen molar-refractivity contribution in [1.82, 2.24) is 15.2 Å². The first kappa shape index (κ1) is 16.0. The molecule has 0 aliphatic rings. The molecule has 7 nitrogen and oxygen atoms in total.